The van der Waals surface area contributed by atoms with E-state index < -0.39 is 9.84 Å². The summed E-state index contributed by atoms with van der Waals surface area (Å²) in [7, 11) is -1.25. The first kappa shape index (κ1) is 13.7. The minimum atomic E-state index is -3.19. The molecule has 3 nitrogen and oxygen atoms in total. The van der Waals surface area contributed by atoms with Gasteiger partial charge in [-0.3, -0.25) is 0 Å². The Bertz CT molecular complexity index is 644. The zero-order valence-corrected chi connectivity index (χ0v) is 12.0. The van der Waals surface area contributed by atoms with Gasteiger partial charge in [-0.25, -0.2) is 13.0 Å². The van der Waals surface area contributed by atoms with Gasteiger partial charge >= 0.3 is 0 Å². The third-order valence-electron chi connectivity index (χ3n) is 3.09. The molecule has 0 aliphatic carbocycles. The maximum atomic E-state index is 12.2. The summed E-state index contributed by atoms with van der Waals surface area (Å²) in [5.41, 5.74) is 2.10. The van der Waals surface area contributed by atoms with Gasteiger partial charge in [-0.15, -0.1) is 0 Å². The van der Waals surface area contributed by atoms with E-state index >= 15 is 0 Å². The molecule has 0 atom stereocenters. The van der Waals surface area contributed by atoms with Crippen LogP contribution in [0, 0.1) is 6.92 Å². The topological polar surface area (TPSA) is 38.0 Å². The summed E-state index contributed by atoms with van der Waals surface area (Å²) in [5.74, 6) is 0.143. The van der Waals surface area contributed by atoms with Gasteiger partial charge in [0.2, 0.25) is 0 Å². The average molecular weight is 276 g/mol. The van der Waals surface area contributed by atoms with Crippen molar-refractivity contribution in [3.8, 4) is 0 Å². The molecule has 0 saturated heterocycles. The second-order valence-corrected chi connectivity index (χ2v) is 6.86. The standard InChI is InChI=1S/C15H18NO2S/c1-13-3-5-15(6-4-13)19(17,18)12-9-14-7-10-16(2)11-8-14/h3-8,10-11H,9,12H2,1-2H3/q+1. The van der Waals surface area contributed by atoms with Crippen molar-refractivity contribution >= 4 is 9.84 Å². The lowest BCUT2D eigenvalue weighted by Gasteiger charge is -2.04. The predicted octanol–water partition coefficient (Wildman–Crippen LogP) is 1.84. The summed E-state index contributed by atoms with van der Waals surface area (Å²) < 4.78 is 26.3. The third-order valence-corrected chi connectivity index (χ3v) is 4.82. The Kier molecular flexibility index (Phi) is 4.00. The smallest absolute Gasteiger partial charge is 0.178 e. The molecule has 0 unspecified atom stereocenters. The molecular formula is C15H18NO2S+. The first-order valence-corrected chi connectivity index (χ1v) is 7.86. The van der Waals surface area contributed by atoms with E-state index in [0.29, 0.717) is 11.3 Å². The molecule has 1 heterocycles. The highest BCUT2D eigenvalue weighted by molar-refractivity contribution is 7.91. The normalized spacial score (nSPS) is 11.5. The highest BCUT2D eigenvalue weighted by Gasteiger charge is 2.14. The summed E-state index contributed by atoms with van der Waals surface area (Å²) in [6.07, 6.45) is 4.39. The minimum Gasteiger partial charge on any atom is -0.224 e. The maximum absolute atomic E-state index is 12.2. The van der Waals surface area contributed by atoms with E-state index in [0.717, 1.165) is 11.1 Å². The number of aromatic nitrogens is 1. The second kappa shape index (κ2) is 5.53. The van der Waals surface area contributed by atoms with Crippen molar-refractivity contribution in [2.24, 2.45) is 7.05 Å². The van der Waals surface area contributed by atoms with E-state index in [4.69, 9.17) is 0 Å². The van der Waals surface area contributed by atoms with E-state index in [1.165, 1.54) is 0 Å². The van der Waals surface area contributed by atoms with Gasteiger partial charge in [0.15, 0.2) is 22.2 Å². The van der Waals surface area contributed by atoms with Gasteiger partial charge in [0, 0.05) is 12.1 Å². The maximum Gasteiger partial charge on any atom is 0.178 e. The van der Waals surface area contributed by atoms with E-state index in [2.05, 4.69) is 0 Å². The molecule has 0 radical (unpaired) electrons. The SMILES string of the molecule is Cc1ccc(S(=O)(=O)CCc2cc[n+](C)cc2)cc1. The summed E-state index contributed by atoms with van der Waals surface area (Å²) in [5, 5.41) is 0. The van der Waals surface area contributed by atoms with E-state index in [1.54, 1.807) is 12.1 Å². The molecule has 0 aliphatic heterocycles. The molecule has 0 aliphatic rings. The highest BCUT2D eigenvalue weighted by atomic mass is 32.2. The highest BCUT2D eigenvalue weighted by Crippen LogP contribution is 2.13. The van der Waals surface area contributed by atoms with Crippen LogP contribution in [0.4, 0.5) is 0 Å². The van der Waals surface area contributed by atoms with Crippen LogP contribution in [-0.2, 0) is 23.3 Å². The van der Waals surface area contributed by atoms with Crippen molar-refractivity contribution in [3.05, 3.63) is 59.9 Å². The van der Waals surface area contributed by atoms with Crippen LogP contribution in [-0.4, -0.2) is 14.2 Å². The number of hydrogen-bond donors (Lipinski definition) is 0. The van der Waals surface area contributed by atoms with Crippen molar-refractivity contribution in [1.29, 1.82) is 0 Å². The van der Waals surface area contributed by atoms with E-state index in [1.807, 2.05) is 55.2 Å². The number of aryl methyl sites for hydroxylation is 3. The second-order valence-electron chi connectivity index (χ2n) is 4.75. The Balaban J connectivity index is 2.09. The number of rotatable bonds is 4. The molecule has 0 N–H and O–H groups in total. The number of sulfone groups is 1. The minimum absolute atomic E-state index is 0.143. The fourth-order valence-corrected chi connectivity index (χ4v) is 3.11. The predicted molar refractivity (Wildman–Crippen MR) is 74.6 cm³/mol. The first-order chi connectivity index (χ1) is 8.97. The Morgan fingerprint density at radius 2 is 1.58 bits per heavy atom. The van der Waals surface area contributed by atoms with Crippen molar-refractivity contribution in [3.63, 3.8) is 0 Å². The van der Waals surface area contributed by atoms with Crippen LogP contribution in [0.1, 0.15) is 11.1 Å². The molecule has 1 aromatic carbocycles. The van der Waals surface area contributed by atoms with Crippen LogP contribution in [0.2, 0.25) is 0 Å². The monoisotopic (exact) mass is 276 g/mol. The van der Waals surface area contributed by atoms with Gasteiger partial charge in [-0.1, -0.05) is 17.7 Å². The van der Waals surface area contributed by atoms with Gasteiger partial charge in [-0.05, 0) is 31.0 Å². The van der Waals surface area contributed by atoms with Crippen LogP contribution in [0.5, 0.6) is 0 Å². The Morgan fingerprint density at radius 1 is 1.00 bits per heavy atom. The zero-order chi connectivity index (χ0) is 13.9. The van der Waals surface area contributed by atoms with Gasteiger partial charge in [-0.2, -0.15) is 0 Å². The molecule has 0 bridgehead atoms. The molecule has 100 valence electrons. The largest absolute Gasteiger partial charge is 0.224 e. The molecule has 0 fully saturated rings. The molecular weight excluding hydrogens is 258 g/mol. The van der Waals surface area contributed by atoms with Crippen molar-refractivity contribution in [1.82, 2.24) is 0 Å². The number of benzene rings is 1. The molecule has 19 heavy (non-hydrogen) atoms. The van der Waals surface area contributed by atoms with Crippen LogP contribution in [0.25, 0.3) is 0 Å². The van der Waals surface area contributed by atoms with Gasteiger partial charge < -0.3 is 0 Å². The average Bonchev–Trinajstić information content (AvgIpc) is 2.39. The van der Waals surface area contributed by atoms with Crippen molar-refractivity contribution in [2.45, 2.75) is 18.2 Å². The van der Waals surface area contributed by atoms with Crippen LogP contribution in [0.3, 0.4) is 0 Å². The fourth-order valence-electron chi connectivity index (χ4n) is 1.81. The number of nitrogens with zero attached hydrogens (tertiary/aromatic N) is 1. The number of pyridine rings is 1. The van der Waals surface area contributed by atoms with Crippen molar-refractivity contribution < 1.29 is 13.0 Å². The summed E-state index contributed by atoms with van der Waals surface area (Å²) >= 11 is 0. The zero-order valence-electron chi connectivity index (χ0n) is 11.2. The lowest BCUT2D eigenvalue weighted by atomic mass is 10.2. The summed E-state index contributed by atoms with van der Waals surface area (Å²) in [6, 6.07) is 10.9. The van der Waals surface area contributed by atoms with Crippen molar-refractivity contribution in [2.75, 3.05) is 5.75 Å². The lowest BCUT2D eigenvalue weighted by Crippen LogP contribution is -2.26. The Morgan fingerprint density at radius 3 is 2.16 bits per heavy atom. The van der Waals surface area contributed by atoms with Gasteiger partial charge in [0.05, 0.1) is 10.6 Å². The molecule has 2 aromatic rings. The molecule has 0 amide bonds. The molecule has 0 spiro atoms. The quantitative estimate of drug-likeness (QED) is 0.799. The van der Waals surface area contributed by atoms with Gasteiger partial charge in [0.25, 0.3) is 0 Å². The van der Waals surface area contributed by atoms with Crippen LogP contribution in [0.15, 0.2) is 53.7 Å². The Hall–Kier alpha value is -1.68. The van der Waals surface area contributed by atoms with E-state index in [9.17, 15) is 8.42 Å². The fraction of sp³-hybridized carbons (Fsp3) is 0.267. The third kappa shape index (κ3) is 3.64. The summed E-state index contributed by atoms with van der Waals surface area (Å²) in [6.45, 7) is 1.94. The molecule has 2 rings (SSSR count). The van der Waals surface area contributed by atoms with Crippen LogP contribution < -0.4 is 4.57 Å². The number of hydrogen-bond acceptors (Lipinski definition) is 2. The van der Waals surface area contributed by atoms with Gasteiger partial charge in [0.1, 0.15) is 7.05 Å². The molecule has 4 heteroatoms. The summed E-state index contributed by atoms with van der Waals surface area (Å²) in [4.78, 5) is 0.402. The lowest BCUT2D eigenvalue weighted by molar-refractivity contribution is -0.671. The Labute approximate surface area is 114 Å². The van der Waals surface area contributed by atoms with E-state index in [-0.39, 0.29) is 5.75 Å². The van der Waals surface area contributed by atoms with Crippen LogP contribution >= 0.6 is 0 Å². The molecule has 0 saturated carbocycles. The molecule has 1 aromatic heterocycles. The first-order valence-electron chi connectivity index (χ1n) is 6.21.